The lowest BCUT2D eigenvalue weighted by Gasteiger charge is -2.23. The molecule has 7 heteroatoms. The van der Waals surface area contributed by atoms with Crippen molar-refractivity contribution in [3.8, 4) is 0 Å². The molecule has 1 heterocycles. The van der Waals surface area contributed by atoms with Crippen LogP contribution in [0.1, 0.15) is 45.1 Å². The van der Waals surface area contributed by atoms with E-state index in [0.29, 0.717) is 29.7 Å². The number of aryl methyl sites for hydroxylation is 1. The van der Waals surface area contributed by atoms with Gasteiger partial charge in [-0.1, -0.05) is 18.2 Å². The van der Waals surface area contributed by atoms with Gasteiger partial charge in [0.2, 0.25) is 0 Å². The maximum absolute atomic E-state index is 13.5. The Morgan fingerprint density at radius 3 is 2.67 bits per heavy atom. The Morgan fingerprint density at radius 2 is 1.93 bits per heavy atom. The molecule has 1 aliphatic carbocycles. The topological polar surface area (TPSA) is 57.8 Å². The lowest BCUT2D eigenvalue weighted by atomic mass is 9.95. The van der Waals surface area contributed by atoms with Crippen LogP contribution in [0, 0.1) is 0 Å². The Labute approximate surface area is 153 Å². The van der Waals surface area contributed by atoms with Crippen LogP contribution in [0.3, 0.4) is 0 Å². The third-order valence-corrected chi connectivity index (χ3v) is 4.77. The molecule has 1 atom stereocenters. The molecule has 2 N–H and O–H groups in total. The molecule has 27 heavy (non-hydrogen) atoms. The number of ketones is 1. The fraction of sp³-hybridized carbons (Fsp3) is 0.200. The van der Waals surface area contributed by atoms with E-state index in [9.17, 15) is 18.0 Å². The predicted octanol–water partition coefficient (Wildman–Crippen LogP) is 4.76. The highest BCUT2D eigenvalue weighted by molar-refractivity contribution is 6.00. The summed E-state index contributed by atoms with van der Waals surface area (Å²) in [4.78, 5) is 11.8. The zero-order valence-electron chi connectivity index (χ0n) is 14.2. The van der Waals surface area contributed by atoms with Crippen LogP contribution in [0.15, 0.2) is 54.9 Å². The van der Waals surface area contributed by atoms with Crippen molar-refractivity contribution in [2.24, 2.45) is 0 Å². The van der Waals surface area contributed by atoms with Gasteiger partial charge in [0.05, 0.1) is 17.8 Å². The first kappa shape index (κ1) is 17.3. The van der Waals surface area contributed by atoms with Gasteiger partial charge in [-0.15, -0.1) is 0 Å². The molecule has 1 aromatic heterocycles. The molecular formula is C20H16F3N3O. The number of aromatic amines is 1. The Kier molecular flexibility index (Phi) is 4.22. The Hall–Kier alpha value is -3.09. The smallest absolute Gasteiger partial charge is 0.374 e. The highest BCUT2D eigenvalue weighted by Gasteiger charge is 2.35. The summed E-state index contributed by atoms with van der Waals surface area (Å²) in [6, 6.07) is 10.1. The molecule has 2 aromatic carbocycles. The van der Waals surface area contributed by atoms with E-state index >= 15 is 0 Å². The number of hydrogen-bond acceptors (Lipinski definition) is 3. The number of Topliss-reactive ketones (excluding diaryl/α,β-unsaturated/α-hetero) is 1. The Bertz CT molecular complexity index is 980. The van der Waals surface area contributed by atoms with E-state index in [-0.39, 0.29) is 11.3 Å². The van der Waals surface area contributed by atoms with Gasteiger partial charge in [-0.3, -0.25) is 9.89 Å². The van der Waals surface area contributed by atoms with E-state index in [1.165, 1.54) is 18.3 Å². The number of nitrogens with one attached hydrogen (secondary N) is 2. The van der Waals surface area contributed by atoms with Crippen molar-refractivity contribution in [1.82, 2.24) is 10.2 Å². The van der Waals surface area contributed by atoms with Gasteiger partial charge in [0.1, 0.15) is 0 Å². The summed E-state index contributed by atoms with van der Waals surface area (Å²) in [7, 11) is 0. The molecule has 1 aliphatic rings. The first-order chi connectivity index (χ1) is 12.9. The van der Waals surface area contributed by atoms with Crippen LogP contribution in [0.4, 0.5) is 18.9 Å². The maximum Gasteiger partial charge on any atom is 0.416 e. The molecular weight excluding hydrogens is 355 g/mol. The van der Waals surface area contributed by atoms with E-state index in [1.807, 2.05) is 6.07 Å². The van der Waals surface area contributed by atoms with Gasteiger partial charge in [0, 0.05) is 29.4 Å². The number of carbonyl (C=O) groups excluding carboxylic acids is 1. The van der Waals surface area contributed by atoms with Gasteiger partial charge < -0.3 is 5.32 Å². The van der Waals surface area contributed by atoms with Crippen molar-refractivity contribution in [1.29, 1.82) is 0 Å². The molecule has 0 bridgehead atoms. The van der Waals surface area contributed by atoms with Gasteiger partial charge in [-0.25, -0.2) is 0 Å². The minimum Gasteiger partial charge on any atom is -0.374 e. The van der Waals surface area contributed by atoms with E-state index in [4.69, 9.17) is 0 Å². The van der Waals surface area contributed by atoms with Crippen molar-refractivity contribution in [3.63, 3.8) is 0 Å². The first-order valence-corrected chi connectivity index (χ1v) is 8.51. The number of benzene rings is 2. The second-order valence-electron chi connectivity index (χ2n) is 6.49. The lowest BCUT2D eigenvalue weighted by molar-refractivity contribution is -0.138. The number of aromatic nitrogens is 2. The third-order valence-electron chi connectivity index (χ3n) is 4.77. The number of H-pyrrole nitrogens is 1. The minimum atomic E-state index is -4.47. The summed E-state index contributed by atoms with van der Waals surface area (Å²) in [5.74, 6) is 0.102. The van der Waals surface area contributed by atoms with Crippen LogP contribution in [0.5, 0.6) is 0 Å². The van der Waals surface area contributed by atoms with Gasteiger partial charge in [-0.05, 0) is 41.8 Å². The Balaban J connectivity index is 1.76. The lowest BCUT2D eigenvalue weighted by Crippen LogP contribution is -2.18. The average Bonchev–Trinajstić information content (AvgIpc) is 3.29. The minimum absolute atomic E-state index is 0.102. The van der Waals surface area contributed by atoms with Crippen molar-refractivity contribution >= 4 is 11.5 Å². The number of alkyl halides is 3. The van der Waals surface area contributed by atoms with Gasteiger partial charge in [0.15, 0.2) is 5.78 Å². The molecule has 4 rings (SSSR count). The molecule has 0 saturated heterocycles. The third kappa shape index (κ3) is 3.32. The molecule has 0 aliphatic heterocycles. The van der Waals surface area contributed by atoms with Crippen LogP contribution in [0.25, 0.3) is 0 Å². The number of nitrogens with zero attached hydrogens (tertiary/aromatic N) is 1. The van der Waals surface area contributed by atoms with E-state index < -0.39 is 17.8 Å². The van der Waals surface area contributed by atoms with E-state index in [2.05, 4.69) is 15.5 Å². The summed E-state index contributed by atoms with van der Waals surface area (Å²) in [5.41, 5.74) is 2.27. The summed E-state index contributed by atoms with van der Waals surface area (Å²) in [6.07, 6.45) is -0.270. The maximum atomic E-state index is 13.5. The zero-order chi connectivity index (χ0) is 19.0. The van der Waals surface area contributed by atoms with E-state index in [0.717, 1.165) is 11.6 Å². The highest BCUT2D eigenvalue weighted by Crippen LogP contribution is 2.38. The molecule has 0 spiro atoms. The average molecular weight is 371 g/mol. The molecule has 3 aromatic rings. The number of hydrogen-bond donors (Lipinski definition) is 2. The van der Waals surface area contributed by atoms with Crippen LogP contribution in [-0.2, 0) is 12.6 Å². The van der Waals surface area contributed by atoms with E-state index in [1.54, 1.807) is 24.4 Å². The number of anilines is 1. The van der Waals surface area contributed by atoms with Crippen LogP contribution < -0.4 is 5.32 Å². The summed E-state index contributed by atoms with van der Waals surface area (Å²) >= 11 is 0. The van der Waals surface area contributed by atoms with Crippen molar-refractivity contribution in [2.75, 3.05) is 5.32 Å². The van der Waals surface area contributed by atoms with Crippen molar-refractivity contribution in [3.05, 3.63) is 82.7 Å². The number of fused-ring (bicyclic) bond motifs is 1. The molecule has 0 fully saturated rings. The molecule has 1 unspecified atom stereocenters. The number of halogens is 3. The predicted molar refractivity (Wildman–Crippen MR) is 94.6 cm³/mol. The van der Waals surface area contributed by atoms with Gasteiger partial charge in [0.25, 0.3) is 0 Å². The zero-order valence-corrected chi connectivity index (χ0v) is 14.2. The number of rotatable bonds is 4. The summed E-state index contributed by atoms with van der Waals surface area (Å²) in [5, 5.41) is 9.72. The molecule has 0 saturated carbocycles. The fourth-order valence-corrected chi connectivity index (χ4v) is 3.48. The molecule has 138 valence electrons. The second kappa shape index (κ2) is 6.57. The van der Waals surface area contributed by atoms with Crippen LogP contribution >= 0.6 is 0 Å². The monoisotopic (exact) mass is 371 g/mol. The summed E-state index contributed by atoms with van der Waals surface area (Å²) < 4.78 is 40.6. The molecule has 0 amide bonds. The van der Waals surface area contributed by atoms with Gasteiger partial charge in [-0.2, -0.15) is 18.3 Å². The Morgan fingerprint density at radius 1 is 1.11 bits per heavy atom. The molecule has 0 radical (unpaired) electrons. The quantitative estimate of drug-likeness (QED) is 0.695. The normalized spacial score (nSPS) is 14.9. The van der Waals surface area contributed by atoms with Crippen LogP contribution in [-0.4, -0.2) is 16.0 Å². The highest BCUT2D eigenvalue weighted by atomic mass is 19.4. The SMILES string of the molecule is O=C1CCc2cc(NC(c3cn[nH]c3)c3ccccc3C(F)(F)F)ccc21. The van der Waals surface area contributed by atoms with Gasteiger partial charge >= 0.3 is 6.18 Å². The molecule has 4 nitrogen and oxygen atoms in total. The summed E-state index contributed by atoms with van der Waals surface area (Å²) in [6.45, 7) is 0. The fourth-order valence-electron chi connectivity index (χ4n) is 3.48. The van der Waals surface area contributed by atoms with Crippen molar-refractivity contribution < 1.29 is 18.0 Å². The largest absolute Gasteiger partial charge is 0.416 e. The first-order valence-electron chi connectivity index (χ1n) is 8.51. The standard InChI is InChI=1S/C20H16F3N3O/c21-20(22,23)17-4-2-1-3-16(17)19(13-10-24-25-11-13)26-14-6-7-15-12(9-14)5-8-18(15)27/h1-4,6-7,9-11,19,26H,5,8H2,(H,24,25). The van der Waals surface area contributed by atoms with Crippen LogP contribution in [0.2, 0.25) is 0 Å². The second-order valence-corrected chi connectivity index (χ2v) is 6.49. The number of carbonyl (C=O) groups is 1. The van der Waals surface area contributed by atoms with Crippen molar-refractivity contribution in [2.45, 2.75) is 25.1 Å².